The third-order valence-corrected chi connectivity index (χ3v) is 4.41. The average Bonchev–Trinajstić information content (AvgIpc) is 3.13. The van der Waals surface area contributed by atoms with E-state index in [1.165, 1.54) is 12.1 Å². The van der Waals surface area contributed by atoms with Gasteiger partial charge in [0.1, 0.15) is 11.4 Å². The van der Waals surface area contributed by atoms with Crippen LogP contribution in [0.25, 0.3) is 0 Å². The van der Waals surface area contributed by atoms with Crippen LogP contribution in [0.15, 0.2) is 30.6 Å². The van der Waals surface area contributed by atoms with E-state index >= 15 is 0 Å². The zero-order chi connectivity index (χ0) is 17.3. The Labute approximate surface area is 139 Å². The number of nitrogens with one attached hydrogen (secondary N) is 2. The predicted octanol–water partition coefficient (Wildman–Crippen LogP) is 1.75. The standard InChI is InChI=1S/C17H21FN4O2/c1-17(24,12-8-20-22(2)9-12)10-19-16(23)21-15-6-4-11-3-5-13(18)7-14(11)15/h3,5,7-9,15,24H,4,6,10H2,1-2H3,(H2,19,21,23)/t15-,17+/m1/s1. The molecule has 6 nitrogen and oxygen atoms in total. The number of hydrogen-bond acceptors (Lipinski definition) is 3. The van der Waals surface area contributed by atoms with Crippen molar-refractivity contribution < 1.29 is 14.3 Å². The van der Waals surface area contributed by atoms with Gasteiger partial charge in [0.2, 0.25) is 0 Å². The Morgan fingerprint density at radius 1 is 1.54 bits per heavy atom. The fourth-order valence-corrected chi connectivity index (χ4v) is 2.99. The van der Waals surface area contributed by atoms with E-state index in [0.29, 0.717) is 5.56 Å². The first kappa shape index (κ1) is 16.4. The smallest absolute Gasteiger partial charge is 0.315 e. The van der Waals surface area contributed by atoms with Crippen molar-refractivity contribution in [1.29, 1.82) is 0 Å². The summed E-state index contributed by atoms with van der Waals surface area (Å²) in [6.45, 7) is 1.66. The molecule has 128 valence electrons. The van der Waals surface area contributed by atoms with Gasteiger partial charge in [-0.3, -0.25) is 4.68 Å². The van der Waals surface area contributed by atoms with Gasteiger partial charge in [-0.2, -0.15) is 5.10 Å². The number of aromatic nitrogens is 2. The van der Waals surface area contributed by atoms with E-state index in [9.17, 15) is 14.3 Å². The molecule has 0 aliphatic heterocycles. The van der Waals surface area contributed by atoms with Gasteiger partial charge < -0.3 is 15.7 Å². The Hall–Kier alpha value is -2.41. The maximum absolute atomic E-state index is 13.4. The predicted molar refractivity (Wildman–Crippen MR) is 86.8 cm³/mol. The number of urea groups is 1. The fourth-order valence-electron chi connectivity index (χ4n) is 2.99. The van der Waals surface area contributed by atoms with Gasteiger partial charge in [0.05, 0.1) is 18.8 Å². The molecule has 1 aromatic carbocycles. The Morgan fingerprint density at radius 3 is 3.04 bits per heavy atom. The number of aryl methyl sites for hydroxylation is 2. The second-order valence-corrected chi connectivity index (χ2v) is 6.44. The molecule has 3 N–H and O–H groups in total. The van der Waals surface area contributed by atoms with Crippen LogP contribution in [-0.4, -0.2) is 27.5 Å². The molecule has 2 aromatic rings. The Balaban J connectivity index is 1.58. The summed E-state index contributed by atoms with van der Waals surface area (Å²) in [4.78, 5) is 12.1. The van der Waals surface area contributed by atoms with E-state index < -0.39 is 5.60 Å². The van der Waals surface area contributed by atoms with Crippen LogP contribution < -0.4 is 10.6 Å². The summed E-state index contributed by atoms with van der Waals surface area (Å²) in [5.41, 5.74) is 1.29. The van der Waals surface area contributed by atoms with Gasteiger partial charge in [-0.1, -0.05) is 6.07 Å². The van der Waals surface area contributed by atoms with Gasteiger partial charge in [0.15, 0.2) is 0 Å². The van der Waals surface area contributed by atoms with E-state index in [-0.39, 0.29) is 24.4 Å². The van der Waals surface area contributed by atoms with Crippen LogP contribution >= 0.6 is 0 Å². The van der Waals surface area contributed by atoms with Crippen molar-refractivity contribution in [1.82, 2.24) is 20.4 Å². The molecular weight excluding hydrogens is 311 g/mol. The van der Waals surface area contributed by atoms with Crippen LogP contribution in [0, 0.1) is 5.82 Å². The van der Waals surface area contributed by atoms with E-state index in [4.69, 9.17) is 0 Å². The van der Waals surface area contributed by atoms with Crippen LogP contribution in [0.1, 0.15) is 36.1 Å². The van der Waals surface area contributed by atoms with Crippen molar-refractivity contribution in [2.45, 2.75) is 31.4 Å². The second kappa shape index (κ2) is 6.24. The van der Waals surface area contributed by atoms with Gasteiger partial charge in [0.25, 0.3) is 0 Å². The lowest BCUT2D eigenvalue weighted by atomic mass is 10.00. The molecule has 1 aromatic heterocycles. The largest absolute Gasteiger partial charge is 0.383 e. The minimum Gasteiger partial charge on any atom is -0.383 e. The fraction of sp³-hybridized carbons (Fsp3) is 0.412. The van der Waals surface area contributed by atoms with Crippen molar-refractivity contribution in [3.05, 3.63) is 53.1 Å². The van der Waals surface area contributed by atoms with Gasteiger partial charge >= 0.3 is 6.03 Å². The highest BCUT2D eigenvalue weighted by atomic mass is 19.1. The maximum atomic E-state index is 13.4. The number of carbonyl (C=O) groups is 1. The molecule has 0 bridgehead atoms. The number of benzene rings is 1. The number of aliphatic hydroxyl groups is 1. The number of halogens is 1. The summed E-state index contributed by atoms with van der Waals surface area (Å²) < 4.78 is 15.0. The molecule has 1 aliphatic rings. The summed E-state index contributed by atoms with van der Waals surface area (Å²) in [6.07, 6.45) is 4.82. The quantitative estimate of drug-likeness (QED) is 0.798. The third-order valence-electron chi connectivity index (χ3n) is 4.41. The highest BCUT2D eigenvalue weighted by molar-refractivity contribution is 5.74. The molecule has 24 heavy (non-hydrogen) atoms. The van der Waals surface area contributed by atoms with E-state index in [1.807, 2.05) is 0 Å². The molecule has 1 aliphatic carbocycles. The van der Waals surface area contributed by atoms with Gasteiger partial charge in [-0.25, -0.2) is 9.18 Å². The van der Waals surface area contributed by atoms with Crippen LogP contribution in [0.5, 0.6) is 0 Å². The summed E-state index contributed by atoms with van der Waals surface area (Å²) in [5.74, 6) is -0.303. The lowest BCUT2D eigenvalue weighted by molar-refractivity contribution is 0.0592. The molecule has 2 amide bonds. The van der Waals surface area contributed by atoms with Gasteiger partial charge in [-0.05, 0) is 43.0 Å². The first-order chi connectivity index (χ1) is 11.3. The van der Waals surface area contributed by atoms with E-state index in [1.54, 1.807) is 37.1 Å². The number of hydrogen-bond donors (Lipinski definition) is 3. The molecule has 0 saturated carbocycles. The van der Waals surface area contributed by atoms with Crippen molar-refractivity contribution in [3.63, 3.8) is 0 Å². The summed E-state index contributed by atoms with van der Waals surface area (Å²) in [5, 5.41) is 20.0. The lowest BCUT2D eigenvalue weighted by Gasteiger charge is -2.23. The molecule has 0 spiro atoms. The topological polar surface area (TPSA) is 79.2 Å². The SMILES string of the molecule is Cn1cc([C@@](C)(O)CNC(=O)N[C@@H]2CCc3ccc(F)cc32)cn1. The third kappa shape index (κ3) is 3.41. The van der Waals surface area contributed by atoms with Gasteiger partial charge in [0, 0.05) is 18.8 Å². The Kier molecular flexibility index (Phi) is 4.28. The molecule has 0 radical (unpaired) electrons. The normalized spacial score (nSPS) is 18.8. The van der Waals surface area contributed by atoms with Crippen LogP contribution in [0.4, 0.5) is 9.18 Å². The van der Waals surface area contributed by atoms with Crippen molar-refractivity contribution in [2.24, 2.45) is 7.05 Å². The number of carbonyl (C=O) groups excluding carboxylic acids is 1. The second-order valence-electron chi connectivity index (χ2n) is 6.44. The zero-order valence-electron chi connectivity index (χ0n) is 13.7. The minimum atomic E-state index is -1.22. The molecular formula is C17H21FN4O2. The summed E-state index contributed by atoms with van der Waals surface area (Å²) >= 11 is 0. The maximum Gasteiger partial charge on any atom is 0.315 e. The Bertz CT molecular complexity index is 757. The lowest BCUT2D eigenvalue weighted by Crippen LogP contribution is -2.44. The van der Waals surface area contributed by atoms with Crippen molar-refractivity contribution in [2.75, 3.05) is 6.54 Å². The van der Waals surface area contributed by atoms with Crippen molar-refractivity contribution >= 4 is 6.03 Å². The molecule has 7 heteroatoms. The van der Waals surface area contributed by atoms with Crippen molar-refractivity contribution in [3.8, 4) is 0 Å². The number of amides is 2. The molecule has 0 fully saturated rings. The monoisotopic (exact) mass is 332 g/mol. The van der Waals surface area contributed by atoms with Gasteiger partial charge in [-0.15, -0.1) is 0 Å². The Morgan fingerprint density at radius 2 is 2.33 bits per heavy atom. The highest BCUT2D eigenvalue weighted by Gasteiger charge is 2.27. The first-order valence-corrected chi connectivity index (χ1v) is 7.89. The molecule has 3 rings (SSSR count). The summed E-state index contributed by atoms with van der Waals surface area (Å²) in [6, 6.07) is 4.07. The minimum absolute atomic E-state index is 0.0489. The molecule has 0 unspecified atom stereocenters. The molecule has 2 atom stereocenters. The molecule has 0 saturated heterocycles. The molecule has 1 heterocycles. The van der Waals surface area contributed by atoms with E-state index in [0.717, 1.165) is 24.0 Å². The average molecular weight is 332 g/mol. The number of rotatable bonds is 4. The summed E-state index contributed by atoms with van der Waals surface area (Å²) in [7, 11) is 1.76. The van der Waals surface area contributed by atoms with Crippen LogP contribution in [0.2, 0.25) is 0 Å². The van der Waals surface area contributed by atoms with E-state index in [2.05, 4.69) is 15.7 Å². The first-order valence-electron chi connectivity index (χ1n) is 7.89. The number of fused-ring (bicyclic) bond motifs is 1. The zero-order valence-corrected chi connectivity index (χ0v) is 13.7. The van der Waals surface area contributed by atoms with Crippen LogP contribution in [0.3, 0.4) is 0 Å². The van der Waals surface area contributed by atoms with Crippen LogP contribution in [-0.2, 0) is 19.1 Å². The highest BCUT2D eigenvalue weighted by Crippen LogP contribution is 2.31. The number of nitrogens with zero attached hydrogens (tertiary/aromatic N) is 2.